The highest BCUT2D eigenvalue weighted by atomic mass is 32.1. The normalized spacial score (nSPS) is 10.8. The number of nitrogen functional groups attached to an aromatic ring is 1. The van der Waals surface area contributed by atoms with Gasteiger partial charge in [-0.2, -0.15) is 5.10 Å². The zero-order chi connectivity index (χ0) is 15.7. The highest BCUT2D eigenvalue weighted by molar-refractivity contribution is 7.21. The second kappa shape index (κ2) is 5.69. The molecule has 3 N–H and O–H groups in total. The van der Waals surface area contributed by atoms with E-state index in [-0.39, 0.29) is 5.91 Å². The molecule has 3 aromatic rings. The fourth-order valence-corrected chi connectivity index (χ4v) is 3.19. The summed E-state index contributed by atoms with van der Waals surface area (Å²) >= 11 is 1.27. The number of aromatic nitrogens is 3. The van der Waals surface area contributed by atoms with Crippen molar-refractivity contribution >= 4 is 33.1 Å². The summed E-state index contributed by atoms with van der Waals surface area (Å²) in [5.74, 6) is -0.200. The summed E-state index contributed by atoms with van der Waals surface area (Å²) in [5, 5.41) is 11.9. The molecule has 0 saturated carbocycles. The minimum Gasteiger partial charge on any atom is -0.397 e. The Hall–Kier alpha value is -2.54. The number of hydrogen-bond donors (Lipinski definition) is 2. The second-order valence-electron chi connectivity index (χ2n) is 4.97. The van der Waals surface area contributed by atoms with Crippen molar-refractivity contribution in [1.82, 2.24) is 20.5 Å². The second-order valence-corrected chi connectivity index (χ2v) is 5.97. The lowest BCUT2D eigenvalue weighted by molar-refractivity contribution is 0.0956. The van der Waals surface area contributed by atoms with Crippen molar-refractivity contribution in [3.8, 4) is 0 Å². The number of hydrogen-bond acceptors (Lipinski definition) is 6. The maximum atomic E-state index is 12.4. The zero-order valence-electron chi connectivity index (χ0n) is 12.3. The Morgan fingerprint density at radius 2 is 2.00 bits per heavy atom. The number of amides is 1. The van der Waals surface area contributed by atoms with Crippen LogP contribution in [0.15, 0.2) is 24.5 Å². The Bertz CT molecular complexity index is 844. The van der Waals surface area contributed by atoms with Gasteiger partial charge in [-0.15, -0.1) is 16.4 Å². The van der Waals surface area contributed by atoms with E-state index in [1.807, 2.05) is 26.0 Å². The molecule has 1 amide bonds. The van der Waals surface area contributed by atoms with Gasteiger partial charge < -0.3 is 11.1 Å². The van der Waals surface area contributed by atoms with Gasteiger partial charge in [0.05, 0.1) is 11.4 Å². The number of pyridine rings is 1. The van der Waals surface area contributed by atoms with Gasteiger partial charge in [0.15, 0.2) is 0 Å². The van der Waals surface area contributed by atoms with E-state index in [0.29, 0.717) is 21.9 Å². The first-order chi connectivity index (χ1) is 10.6. The highest BCUT2D eigenvalue weighted by Gasteiger charge is 2.19. The fraction of sp³-hybridized carbons (Fsp3) is 0.200. The molecule has 0 aromatic carbocycles. The van der Waals surface area contributed by atoms with Gasteiger partial charge in [0.1, 0.15) is 9.71 Å². The molecule has 3 aromatic heterocycles. The van der Waals surface area contributed by atoms with E-state index in [2.05, 4.69) is 20.5 Å². The van der Waals surface area contributed by atoms with Gasteiger partial charge in [-0.25, -0.2) is 0 Å². The van der Waals surface area contributed by atoms with Crippen molar-refractivity contribution in [2.75, 3.05) is 5.73 Å². The zero-order valence-corrected chi connectivity index (χ0v) is 13.1. The van der Waals surface area contributed by atoms with Crippen molar-refractivity contribution in [2.24, 2.45) is 0 Å². The van der Waals surface area contributed by atoms with Crippen LogP contribution in [0.25, 0.3) is 10.2 Å². The van der Waals surface area contributed by atoms with E-state index in [0.717, 1.165) is 22.2 Å². The first kappa shape index (κ1) is 14.4. The number of aryl methyl sites for hydroxylation is 2. The predicted octanol–water partition coefficient (Wildman–Crippen LogP) is 2.22. The summed E-state index contributed by atoms with van der Waals surface area (Å²) in [6, 6.07) is 3.71. The molecular weight excluding hydrogens is 298 g/mol. The molecule has 0 aliphatic carbocycles. The molecule has 0 bridgehead atoms. The Balaban J connectivity index is 1.88. The number of carbonyl (C=O) groups is 1. The average molecular weight is 313 g/mol. The van der Waals surface area contributed by atoms with Gasteiger partial charge in [-0.3, -0.25) is 9.78 Å². The molecule has 3 heterocycles. The topological polar surface area (TPSA) is 93.8 Å². The van der Waals surface area contributed by atoms with E-state index in [1.54, 1.807) is 12.4 Å². The minimum atomic E-state index is -0.200. The maximum absolute atomic E-state index is 12.4. The third-order valence-corrected chi connectivity index (χ3v) is 4.63. The summed E-state index contributed by atoms with van der Waals surface area (Å²) in [5.41, 5.74) is 9.39. The van der Waals surface area contributed by atoms with Gasteiger partial charge >= 0.3 is 0 Å². The number of nitrogens with zero attached hydrogens (tertiary/aromatic N) is 3. The van der Waals surface area contributed by atoms with Crippen molar-refractivity contribution in [3.05, 3.63) is 46.2 Å². The summed E-state index contributed by atoms with van der Waals surface area (Å²) < 4.78 is 0. The van der Waals surface area contributed by atoms with Crippen LogP contribution in [0.2, 0.25) is 0 Å². The van der Waals surface area contributed by atoms with Gasteiger partial charge in [-0.1, -0.05) is 0 Å². The van der Waals surface area contributed by atoms with Crippen LogP contribution in [0.1, 0.15) is 26.5 Å². The number of rotatable bonds is 3. The van der Waals surface area contributed by atoms with Gasteiger partial charge in [-0.05, 0) is 37.1 Å². The average Bonchev–Trinajstić information content (AvgIpc) is 2.87. The van der Waals surface area contributed by atoms with Crippen LogP contribution in [-0.2, 0) is 6.54 Å². The predicted molar refractivity (Wildman–Crippen MR) is 86.7 cm³/mol. The lowest BCUT2D eigenvalue weighted by Gasteiger charge is -2.04. The Morgan fingerprint density at radius 1 is 1.27 bits per heavy atom. The number of fused-ring (bicyclic) bond motifs is 1. The molecule has 0 radical (unpaired) electrons. The standard InChI is InChI=1S/C15H15N5OS/c1-8-9(2)19-20-15-11(8)12(16)13(22-15)14(21)18-7-10-3-5-17-6-4-10/h3-6H,7,16H2,1-2H3,(H,18,21). The molecule has 0 fully saturated rings. The lowest BCUT2D eigenvalue weighted by atomic mass is 10.1. The van der Waals surface area contributed by atoms with Gasteiger partial charge in [0, 0.05) is 24.3 Å². The van der Waals surface area contributed by atoms with Crippen LogP contribution in [-0.4, -0.2) is 21.1 Å². The van der Waals surface area contributed by atoms with Crippen molar-refractivity contribution in [2.45, 2.75) is 20.4 Å². The molecule has 0 saturated heterocycles. The quantitative estimate of drug-likeness (QED) is 0.773. The van der Waals surface area contributed by atoms with Gasteiger partial charge in [0.2, 0.25) is 0 Å². The Kier molecular flexibility index (Phi) is 3.72. The first-order valence-electron chi connectivity index (χ1n) is 6.77. The first-order valence-corrected chi connectivity index (χ1v) is 7.58. The van der Waals surface area contributed by atoms with E-state index in [1.165, 1.54) is 11.3 Å². The van der Waals surface area contributed by atoms with Crippen LogP contribution in [0.5, 0.6) is 0 Å². The number of thiophene rings is 1. The summed E-state index contributed by atoms with van der Waals surface area (Å²) in [4.78, 5) is 17.5. The summed E-state index contributed by atoms with van der Waals surface area (Å²) in [7, 11) is 0. The molecule has 112 valence electrons. The molecule has 0 aliphatic heterocycles. The van der Waals surface area contributed by atoms with E-state index >= 15 is 0 Å². The highest BCUT2D eigenvalue weighted by Crippen LogP contribution is 2.34. The van der Waals surface area contributed by atoms with Crippen molar-refractivity contribution < 1.29 is 4.79 Å². The third kappa shape index (κ3) is 2.50. The van der Waals surface area contributed by atoms with Crippen molar-refractivity contribution in [1.29, 1.82) is 0 Å². The number of nitrogens with one attached hydrogen (secondary N) is 1. The molecule has 0 atom stereocenters. The van der Waals surface area contributed by atoms with E-state index in [9.17, 15) is 4.79 Å². The molecule has 3 rings (SSSR count). The molecule has 7 heteroatoms. The Labute approximate surface area is 131 Å². The molecule has 0 aliphatic rings. The smallest absolute Gasteiger partial charge is 0.263 e. The molecule has 0 unspecified atom stereocenters. The molecular formula is C15H15N5OS. The molecule has 22 heavy (non-hydrogen) atoms. The number of anilines is 1. The largest absolute Gasteiger partial charge is 0.397 e. The van der Waals surface area contributed by atoms with E-state index in [4.69, 9.17) is 5.73 Å². The Morgan fingerprint density at radius 3 is 2.73 bits per heavy atom. The molecule has 0 spiro atoms. The minimum absolute atomic E-state index is 0.200. The van der Waals surface area contributed by atoms with Crippen LogP contribution >= 0.6 is 11.3 Å². The summed E-state index contributed by atoms with van der Waals surface area (Å²) in [6.07, 6.45) is 3.38. The fourth-order valence-electron chi connectivity index (χ4n) is 2.17. The number of nitrogens with two attached hydrogens (primary N) is 1. The van der Waals surface area contributed by atoms with Crippen LogP contribution in [0.4, 0.5) is 5.69 Å². The molecule has 6 nitrogen and oxygen atoms in total. The lowest BCUT2D eigenvalue weighted by Crippen LogP contribution is -2.22. The van der Waals surface area contributed by atoms with Crippen LogP contribution < -0.4 is 11.1 Å². The third-order valence-electron chi connectivity index (χ3n) is 3.54. The number of carbonyl (C=O) groups excluding carboxylic acids is 1. The van der Waals surface area contributed by atoms with Gasteiger partial charge in [0.25, 0.3) is 5.91 Å². The van der Waals surface area contributed by atoms with Crippen LogP contribution in [0.3, 0.4) is 0 Å². The summed E-state index contributed by atoms with van der Waals surface area (Å²) in [6.45, 7) is 4.24. The van der Waals surface area contributed by atoms with E-state index < -0.39 is 0 Å². The SMILES string of the molecule is Cc1nnc2sc(C(=O)NCc3ccncc3)c(N)c2c1C. The van der Waals surface area contributed by atoms with Crippen LogP contribution in [0, 0.1) is 13.8 Å². The monoisotopic (exact) mass is 313 g/mol. The van der Waals surface area contributed by atoms with Crippen molar-refractivity contribution in [3.63, 3.8) is 0 Å². The maximum Gasteiger partial charge on any atom is 0.263 e.